The lowest BCUT2D eigenvalue weighted by molar-refractivity contribution is 0.0600. The second-order valence-corrected chi connectivity index (χ2v) is 10.6. The van der Waals surface area contributed by atoms with E-state index in [9.17, 15) is 4.79 Å². The van der Waals surface area contributed by atoms with Crippen molar-refractivity contribution >= 4 is 28.8 Å². The van der Waals surface area contributed by atoms with Gasteiger partial charge >= 0.3 is 0 Å². The maximum absolute atomic E-state index is 13.3. The number of hydrogen-bond donors (Lipinski definition) is 1. The minimum atomic E-state index is -0.141. The standard InChI is InChI=1S/C24H32ClN5O4S/c1-16(2)29-8-6-17(7-9-29)26-24(31)20-12-19(15-33-11-10-32-3)27-30(20)14-18-13-21(34-28-18)22-4-5-23(25)35-22/h4-5,12-13,16-17H,6-11,14-15H2,1-3H3,(H,26,31). The summed E-state index contributed by atoms with van der Waals surface area (Å²) in [6.45, 7) is 7.92. The normalized spacial score (nSPS) is 15.2. The van der Waals surface area contributed by atoms with Gasteiger partial charge in [0.15, 0.2) is 5.76 Å². The molecule has 1 saturated heterocycles. The van der Waals surface area contributed by atoms with Crippen molar-refractivity contribution in [1.29, 1.82) is 0 Å². The van der Waals surface area contributed by atoms with Crippen LogP contribution in [0.1, 0.15) is 48.6 Å². The molecular weight excluding hydrogens is 490 g/mol. The number of methoxy groups -OCH3 is 1. The lowest BCUT2D eigenvalue weighted by Gasteiger charge is -2.34. The summed E-state index contributed by atoms with van der Waals surface area (Å²) in [7, 11) is 1.63. The quantitative estimate of drug-likeness (QED) is 0.380. The van der Waals surface area contributed by atoms with Crippen LogP contribution in [0.15, 0.2) is 28.8 Å². The van der Waals surface area contributed by atoms with E-state index in [4.69, 9.17) is 25.6 Å². The minimum absolute atomic E-state index is 0.141. The molecule has 0 atom stereocenters. The second-order valence-electron chi connectivity index (χ2n) is 8.89. The Morgan fingerprint density at radius 3 is 2.74 bits per heavy atom. The zero-order chi connectivity index (χ0) is 24.8. The van der Waals surface area contributed by atoms with E-state index in [1.807, 2.05) is 18.2 Å². The van der Waals surface area contributed by atoms with E-state index in [1.54, 1.807) is 17.9 Å². The van der Waals surface area contributed by atoms with Crippen LogP contribution in [0, 0.1) is 0 Å². The van der Waals surface area contributed by atoms with Gasteiger partial charge in [-0.15, -0.1) is 11.3 Å². The van der Waals surface area contributed by atoms with Crippen molar-refractivity contribution < 1.29 is 18.8 Å². The first kappa shape index (κ1) is 25.8. The molecule has 3 aromatic rings. The third kappa shape index (κ3) is 6.92. The molecule has 1 fully saturated rings. The Morgan fingerprint density at radius 2 is 2.06 bits per heavy atom. The third-order valence-corrected chi connectivity index (χ3v) is 7.27. The number of likely N-dealkylation sites (tertiary alicyclic amines) is 1. The van der Waals surface area contributed by atoms with Crippen LogP contribution in [0.2, 0.25) is 4.34 Å². The topological polar surface area (TPSA) is 94.7 Å². The average molecular weight is 522 g/mol. The fourth-order valence-corrected chi connectivity index (χ4v) is 5.08. The summed E-state index contributed by atoms with van der Waals surface area (Å²) >= 11 is 7.47. The highest BCUT2D eigenvalue weighted by Gasteiger charge is 2.25. The van der Waals surface area contributed by atoms with Gasteiger partial charge in [-0.1, -0.05) is 16.8 Å². The van der Waals surface area contributed by atoms with Gasteiger partial charge in [0, 0.05) is 38.3 Å². The Balaban J connectivity index is 1.46. The SMILES string of the molecule is COCCOCc1cc(C(=O)NC2CCN(C(C)C)CC2)n(Cc2cc(-c3ccc(Cl)s3)on2)n1. The van der Waals surface area contributed by atoms with Crippen LogP contribution in [0.5, 0.6) is 0 Å². The number of thiophene rings is 1. The molecule has 0 aliphatic carbocycles. The molecule has 0 spiro atoms. The molecule has 4 rings (SSSR count). The number of aromatic nitrogens is 3. The maximum atomic E-state index is 13.3. The summed E-state index contributed by atoms with van der Waals surface area (Å²) in [6, 6.07) is 8.01. The Bertz CT molecular complexity index is 1100. The molecule has 0 aromatic carbocycles. The molecule has 0 bridgehead atoms. The van der Waals surface area contributed by atoms with Crippen molar-refractivity contribution in [3.63, 3.8) is 0 Å². The van der Waals surface area contributed by atoms with Gasteiger partial charge in [0.25, 0.3) is 5.91 Å². The fourth-order valence-electron chi connectivity index (χ4n) is 4.09. The predicted molar refractivity (Wildman–Crippen MR) is 135 cm³/mol. The molecule has 0 radical (unpaired) electrons. The third-order valence-electron chi connectivity index (χ3n) is 6.03. The molecule has 1 aliphatic heterocycles. The van der Waals surface area contributed by atoms with Gasteiger partial charge in [0.1, 0.15) is 11.4 Å². The molecule has 35 heavy (non-hydrogen) atoms. The summed E-state index contributed by atoms with van der Waals surface area (Å²) in [4.78, 5) is 16.6. The number of rotatable bonds is 11. The van der Waals surface area contributed by atoms with E-state index in [0.717, 1.165) is 30.8 Å². The van der Waals surface area contributed by atoms with Crippen molar-refractivity contribution in [1.82, 2.24) is 25.2 Å². The van der Waals surface area contributed by atoms with Crippen LogP contribution in [-0.2, 0) is 22.6 Å². The number of nitrogens with one attached hydrogen (secondary N) is 1. The van der Waals surface area contributed by atoms with Crippen molar-refractivity contribution in [2.24, 2.45) is 0 Å². The molecule has 1 aliphatic rings. The minimum Gasteiger partial charge on any atom is -0.382 e. The van der Waals surface area contributed by atoms with E-state index >= 15 is 0 Å². The van der Waals surface area contributed by atoms with E-state index in [0.29, 0.717) is 59.6 Å². The zero-order valence-corrected chi connectivity index (χ0v) is 21.9. The average Bonchev–Trinajstić information content (AvgIpc) is 3.57. The highest BCUT2D eigenvalue weighted by Crippen LogP contribution is 2.31. The first-order chi connectivity index (χ1) is 16.9. The zero-order valence-electron chi connectivity index (χ0n) is 20.3. The summed E-state index contributed by atoms with van der Waals surface area (Å²) in [5.41, 5.74) is 1.82. The Kier molecular flexibility index (Phi) is 8.96. The molecule has 190 valence electrons. The first-order valence-electron chi connectivity index (χ1n) is 11.8. The highest BCUT2D eigenvalue weighted by molar-refractivity contribution is 7.19. The lowest BCUT2D eigenvalue weighted by atomic mass is 10.0. The highest BCUT2D eigenvalue weighted by atomic mass is 35.5. The second kappa shape index (κ2) is 12.1. The summed E-state index contributed by atoms with van der Waals surface area (Å²) in [5, 5.41) is 12.0. The van der Waals surface area contributed by atoms with E-state index in [1.165, 1.54) is 11.3 Å². The molecule has 9 nitrogen and oxygen atoms in total. The van der Waals surface area contributed by atoms with Crippen LogP contribution in [0.4, 0.5) is 0 Å². The van der Waals surface area contributed by atoms with Crippen LogP contribution in [0.25, 0.3) is 10.6 Å². The molecule has 0 unspecified atom stereocenters. The largest absolute Gasteiger partial charge is 0.382 e. The summed E-state index contributed by atoms with van der Waals surface area (Å²) < 4.78 is 18.5. The van der Waals surface area contributed by atoms with Crippen LogP contribution >= 0.6 is 22.9 Å². The predicted octanol–water partition coefficient (Wildman–Crippen LogP) is 4.07. The van der Waals surface area contributed by atoms with E-state index in [2.05, 4.69) is 34.3 Å². The number of amides is 1. The first-order valence-corrected chi connectivity index (χ1v) is 13.0. The number of nitrogens with zero attached hydrogens (tertiary/aromatic N) is 4. The van der Waals surface area contributed by atoms with Gasteiger partial charge in [-0.05, 0) is 44.9 Å². The Morgan fingerprint density at radius 1 is 1.26 bits per heavy atom. The van der Waals surface area contributed by atoms with E-state index < -0.39 is 0 Å². The Labute approximate surface area is 214 Å². The smallest absolute Gasteiger partial charge is 0.269 e. The number of ether oxygens (including phenoxy) is 2. The van der Waals surface area contributed by atoms with Crippen molar-refractivity contribution in [3.8, 4) is 10.6 Å². The van der Waals surface area contributed by atoms with Crippen molar-refractivity contribution in [2.75, 3.05) is 33.4 Å². The summed E-state index contributed by atoms with van der Waals surface area (Å²) in [5.74, 6) is 0.493. The van der Waals surface area contributed by atoms with Crippen LogP contribution in [0.3, 0.4) is 0 Å². The molecule has 0 saturated carbocycles. The maximum Gasteiger partial charge on any atom is 0.269 e. The van der Waals surface area contributed by atoms with Gasteiger partial charge in [-0.25, -0.2) is 0 Å². The van der Waals surface area contributed by atoms with Crippen molar-refractivity contribution in [3.05, 3.63) is 45.7 Å². The number of carbonyl (C=O) groups is 1. The molecular formula is C24H32ClN5O4S. The van der Waals surface area contributed by atoms with Crippen LogP contribution < -0.4 is 5.32 Å². The lowest BCUT2D eigenvalue weighted by Crippen LogP contribution is -2.46. The molecule has 1 amide bonds. The van der Waals surface area contributed by atoms with Gasteiger partial charge < -0.3 is 24.2 Å². The number of carbonyl (C=O) groups excluding carboxylic acids is 1. The number of piperidine rings is 1. The summed E-state index contributed by atoms with van der Waals surface area (Å²) in [6.07, 6.45) is 1.86. The van der Waals surface area contributed by atoms with Gasteiger partial charge in [0.05, 0.1) is 41.3 Å². The molecule has 4 heterocycles. The number of halogens is 1. The monoisotopic (exact) mass is 521 g/mol. The van der Waals surface area contributed by atoms with Crippen molar-refractivity contribution in [2.45, 2.75) is 51.9 Å². The Hall–Kier alpha value is -2.24. The number of hydrogen-bond acceptors (Lipinski definition) is 8. The van der Waals surface area contributed by atoms with Gasteiger partial charge in [0.2, 0.25) is 0 Å². The molecule has 11 heteroatoms. The van der Waals surface area contributed by atoms with Crippen LogP contribution in [-0.4, -0.2) is 71.2 Å². The van der Waals surface area contributed by atoms with Gasteiger partial charge in [-0.2, -0.15) is 5.10 Å². The molecule has 1 N–H and O–H groups in total. The molecule has 3 aromatic heterocycles. The van der Waals surface area contributed by atoms with Gasteiger partial charge in [-0.3, -0.25) is 9.48 Å². The fraction of sp³-hybridized carbons (Fsp3) is 0.542. The van der Waals surface area contributed by atoms with E-state index in [-0.39, 0.29) is 11.9 Å².